The first-order valence-electron chi connectivity index (χ1n) is 7.83. The van der Waals surface area contributed by atoms with Gasteiger partial charge in [-0.15, -0.1) is 0 Å². The van der Waals surface area contributed by atoms with E-state index < -0.39 is 5.79 Å². The topological polar surface area (TPSA) is 47.6 Å². The predicted molar refractivity (Wildman–Crippen MR) is 101 cm³/mol. The summed E-state index contributed by atoms with van der Waals surface area (Å²) in [6.07, 6.45) is 4.05. The van der Waals surface area contributed by atoms with Crippen LogP contribution in [0.25, 0.3) is 0 Å². The average Bonchev–Trinajstić information content (AvgIpc) is 3.15. The van der Waals surface area contributed by atoms with Crippen LogP contribution in [0.1, 0.15) is 36.0 Å². The van der Waals surface area contributed by atoms with Crippen molar-refractivity contribution in [2.75, 3.05) is 5.32 Å². The zero-order valence-corrected chi connectivity index (χ0v) is 15.7. The minimum absolute atomic E-state index is 0.198. The molecule has 1 aliphatic heterocycles. The van der Waals surface area contributed by atoms with Gasteiger partial charge < -0.3 is 14.8 Å². The number of halogens is 2. The first kappa shape index (κ1) is 16.0. The van der Waals surface area contributed by atoms with Crippen LogP contribution in [0.15, 0.2) is 36.4 Å². The van der Waals surface area contributed by atoms with Gasteiger partial charge in [-0.1, -0.05) is 11.6 Å². The van der Waals surface area contributed by atoms with Crippen molar-refractivity contribution >= 4 is 45.8 Å². The lowest BCUT2D eigenvalue weighted by Gasteiger charge is -2.21. The minimum atomic E-state index is -0.493. The van der Waals surface area contributed by atoms with E-state index in [0.717, 1.165) is 35.0 Å². The number of amides is 1. The number of hydrogen-bond donors (Lipinski definition) is 1. The average molecular weight is 456 g/mol. The number of fused-ring (bicyclic) bond motifs is 1. The van der Waals surface area contributed by atoms with Crippen LogP contribution in [-0.2, 0) is 0 Å². The molecular formula is C18H15ClINO3. The van der Waals surface area contributed by atoms with Crippen LogP contribution in [0, 0.1) is 3.57 Å². The Kier molecular flexibility index (Phi) is 4.08. The molecule has 0 saturated heterocycles. The minimum Gasteiger partial charge on any atom is -0.448 e. The molecule has 1 fully saturated rings. The number of benzene rings is 2. The van der Waals surface area contributed by atoms with Crippen LogP contribution in [-0.4, -0.2) is 11.7 Å². The van der Waals surface area contributed by atoms with Crippen LogP contribution < -0.4 is 14.8 Å². The zero-order valence-electron chi connectivity index (χ0n) is 12.8. The Labute approximate surface area is 158 Å². The number of anilines is 1. The molecule has 1 spiro atoms. The first-order valence-corrected chi connectivity index (χ1v) is 9.29. The molecule has 2 aliphatic rings. The van der Waals surface area contributed by atoms with Gasteiger partial charge in [0.15, 0.2) is 11.5 Å². The van der Waals surface area contributed by atoms with Crippen LogP contribution >= 0.6 is 34.2 Å². The molecule has 0 unspecified atom stereocenters. The maximum Gasteiger partial charge on any atom is 0.256 e. The number of ether oxygens (including phenoxy) is 2. The zero-order chi connectivity index (χ0) is 16.7. The van der Waals surface area contributed by atoms with E-state index in [1.807, 2.05) is 24.3 Å². The van der Waals surface area contributed by atoms with E-state index in [1.165, 1.54) is 0 Å². The largest absolute Gasteiger partial charge is 0.448 e. The predicted octanol–water partition coefficient (Wildman–Crippen LogP) is 5.24. The summed E-state index contributed by atoms with van der Waals surface area (Å²) < 4.78 is 12.9. The smallest absolute Gasteiger partial charge is 0.256 e. The molecule has 0 aromatic heterocycles. The molecule has 2 aromatic carbocycles. The molecule has 6 heteroatoms. The Bertz CT molecular complexity index is 818. The maximum atomic E-state index is 12.5. The molecule has 1 aliphatic carbocycles. The van der Waals surface area contributed by atoms with Gasteiger partial charge in [0.25, 0.3) is 11.7 Å². The van der Waals surface area contributed by atoms with Crippen LogP contribution in [0.2, 0.25) is 5.02 Å². The summed E-state index contributed by atoms with van der Waals surface area (Å²) in [4.78, 5) is 12.5. The van der Waals surface area contributed by atoms with Gasteiger partial charge >= 0.3 is 0 Å². The summed E-state index contributed by atoms with van der Waals surface area (Å²) in [7, 11) is 0. The van der Waals surface area contributed by atoms with E-state index in [0.29, 0.717) is 22.0 Å². The van der Waals surface area contributed by atoms with Crippen molar-refractivity contribution in [3.63, 3.8) is 0 Å². The summed E-state index contributed by atoms with van der Waals surface area (Å²) in [5.74, 6) is 0.742. The van der Waals surface area contributed by atoms with Gasteiger partial charge in [-0.3, -0.25) is 4.79 Å². The Morgan fingerprint density at radius 3 is 2.62 bits per heavy atom. The molecule has 2 aromatic rings. The molecule has 1 heterocycles. The van der Waals surface area contributed by atoms with Crippen LogP contribution in [0.3, 0.4) is 0 Å². The SMILES string of the molecule is O=C(Nc1ccc2c(c1)OC1(CCCC1)O2)c1cc(Cl)ccc1I. The lowest BCUT2D eigenvalue weighted by Crippen LogP contribution is -2.34. The van der Waals surface area contributed by atoms with E-state index in [1.54, 1.807) is 12.1 Å². The van der Waals surface area contributed by atoms with Crippen molar-refractivity contribution in [1.82, 2.24) is 0 Å². The molecule has 0 radical (unpaired) electrons. The molecule has 4 nitrogen and oxygen atoms in total. The Morgan fingerprint density at radius 1 is 1.08 bits per heavy atom. The fourth-order valence-electron chi connectivity index (χ4n) is 3.16. The van der Waals surface area contributed by atoms with E-state index >= 15 is 0 Å². The lowest BCUT2D eigenvalue weighted by molar-refractivity contribution is -0.0716. The van der Waals surface area contributed by atoms with Gasteiger partial charge in [-0.25, -0.2) is 0 Å². The van der Waals surface area contributed by atoms with E-state index in [4.69, 9.17) is 21.1 Å². The summed E-state index contributed by atoms with van der Waals surface area (Å²) in [5.41, 5.74) is 1.22. The summed E-state index contributed by atoms with van der Waals surface area (Å²) >= 11 is 8.11. The van der Waals surface area contributed by atoms with Gasteiger partial charge in [0.1, 0.15) is 0 Å². The van der Waals surface area contributed by atoms with E-state index in [-0.39, 0.29) is 5.91 Å². The number of carbonyl (C=O) groups is 1. The molecule has 1 N–H and O–H groups in total. The van der Waals surface area contributed by atoms with Crippen molar-refractivity contribution in [2.45, 2.75) is 31.5 Å². The number of hydrogen-bond acceptors (Lipinski definition) is 3. The molecule has 0 atom stereocenters. The van der Waals surface area contributed by atoms with Gasteiger partial charge in [0, 0.05) is 33.2 Å². The number of rotatable bonds is 2. The molecule has 0 bridgehead atoms. The van der Waals surface area contributed by atoms with E-state index in [2.05, 4.69) is 27.9 Å². The van der Waals surface area contributed by atoms with Gasteiger partial charge in [0.05, 0.1) is 5.56 Å². The Balaban J connectivity index is 1.54. The molecule has 4 rings (SSSR count). The highest BCUT2D eigenvalue weighted by molar-refractivity contribution is 14.1. The second-order valence-corrected chi connectivity index (χ2v) is 7.66. The Morgan fingerprint density at radius 2 is 1.83 bits per heavy atom. The molecule has 1 saturated carbocycles. The fraction of sp³-hybridized carbons (Fsp3) is 0.278. The highest BCUT2D eigenvalue weighted by Gasteiger charge is 2.44. The van der Waals surface area contributed by atoms with Crippen molar-refractivity contribution in [1.29, 1.82) is 0 Å². The third-order valence-electron chi connectivity index (χ3n) is 4.33. The van der Waals surface area contributed by atoms with Gasteiger partial charge in [-0.05, 0) is 65.8 Å². The summed E-state index contributed by atoms with van der Waals surface area (Å²) in [6, 6.07) is 10.7. The quantitative estimate of drug-likeness (QED) is 0.630. The number of nitrogens with one attached hydrogen (secondary N) is 1. The van der Waals surface area contributed by atoms with E-state index in [9.17, 15) is 4.79 Å². The molecule has 24 heavy (non-hydrogen) atoms. The normalized spacial score (nSPS) is 17.2. The fourth-order valence-corrected chi connectivity index (χ4v) is 3.91. The number of carbonyl (C=O) groups excluding carboxylic acids is 1. The first-order chi connectivity index (χ1) is 11.5. The highest BCUT2D eigenvalue weighted by Crippen LogP contribution is 2.47. The van der Waals surface area contributed by atoms with Crippen LogP contribution in [0.4, 0.5) is 5.69 Å². The second-order valence-electron chi connectivity index (χ2n) is 6.06. The standard InChI is InChI=1S/C18H15ClINO3/c19-11-3-5-14(20)13(9-11)17(22)21-12-4-6-15-16(10-12)24-18(23-15)7-1-2-8-18/h3-6,9-10H,1-2,7-8H2,(H,21,22). The van der Waals surface area contributed by atoms with Crippen molar-refractivity contribution in [2.24, 2.45) is 0 Å². The Hall–Kier alpha value is -1.47. The molecule has 124 valence electrons. The summed E-state index contributed by atoms with van der Waals surface area (Å²) in [6.45, 7) is 0. The second kappa shape index (κ2) is 6.11. The van der Waals surface area contributed by atoms with Crippen molar-refractivity contribution in [3.05, 3.63) is 50.6 Å². The third kappa shape index (κ3) is 2.95. The highest BCUT2D eigenvalue weighted by atomic mass is 127. The van der Waals surface area contributed by atoms with Gasteiger partial charge in [-0.2, -0.15) is 0 Å². The van der Waals surface area contributed by atoms with Crippen LogP contribution in [0.5, 0.6) is 11.5 Å². The molecule has 1 amide bonds. The van der Waals surface area contributed by atoms with Gasteiger partial charge in [0.2, 0.25) is 0 Å². The van der Waals surface area contributed by atoms with Crippen molar-refractivity contribution < 1.29 is 14.3 Å². The third-order valence-corrected chi connectivity index (χ3v) is 5.51. The molecular weight excluding hydrogens is 441 g/mol. The maximum absolute atomic E-state index is 12.5. The summed E-state index contributed by atoms with van der Waals surface area (Å²) in [5, 5.41) is 3.43. The monoisotopic (exact) mass is 455 g/mol. The lowest BCUT2D eigenvalue weighted by atomic mass is 10.2. The van der Waals surface area contributed by atoms with Crippen molar-refractivity contribution in [3.8, 4) is 11.5 Å².